The summed E-state index contributed by atoms with van der Waals surface area (Å²) in [5.74, 6) is 2.67. The van der Waals surface area contributed by atoms with Gasteiger partial charge >= 0.3 is 0 Å². The Kier molecular flexibility index (Phi) is 7.19. The average Bonchev–Trinajstić information content (AvgIpc) is 2.52. The smallest absolute Gasteiger partial charge is 0.186 e. The summed E-state index contributed by atoms with van der Waals surface area (Å²) >= 11 is 1.83. The van der Waals surface area contributed by atoms with Crippen molar-refractivity contribution in [3.8, 4) is 0 Å². The number of thioether (sulfide) groups is 1. The van der Waals surface area contributed by atoms with Gasteiger partial charge in [0.15, 0.2) is 6.29 Å². The van der Waals surface area contributed by atoms with Crippen LogP contribution in [0.5, 0.6) is 0 Å². The summed E-state index contributed by atoms with van der Waals surface area (Å²) in [6.07, 6.45) is -1.19. The lowest BCUT2D eigenvalue weighted by molar-refractivity contribution is -0.284. The van der Waals surface area contributed by atoms with Crippen LogP contribution in [0.1, 0.15) is 40.0 Å². The van der Waals surface area contributed by atoms with Crippen LogP contribution >= 0.6 is 11.8 Å². The van der Waals surface area contributed by atoms with E-state index in [0.717, 1.165) is 5.92 Å². The highest BCUT2D eigenvalue weighted by molar-refractivity contribution is 7.99. The van der Waals surface area contributed by atoms with E-state index in [9.17, 15) is 15.3 Å². The normalized spacial score (nSPS) is 45.4. The Bertz CT molecular complexity index is 365. The first-order valence-electron chi connectivity index (χ1n) is 8.69. The molecule has 1 aliphatic carbocycles. The Morgan fingerprint density at radius 1 is 1.13 bits per heavy atom. The number of hydrogen-bond donors (Lipinski definition) is 3. The molecule has 3 N–H and O–H groups in total. The van der Waals surface area contributed by atoms with Crippen molar-refractivity contribution in [2.24, 2.45) is 17.8 Å². The number of aliphatic hydroxyl groups is 3. The van der Waals surface area contributed by atoms with Crippen LogP contribution in [-0.2, 0) is 9.47 Å². The van der Waals surface area contributed by atoms with E-state index in [1.165, 1.54) is 26.4 Å². The molecule has 1 aliphatic heterocycles. The number of aliphatic hydroxyl groups excluding tert-OH is 3. The first kappa shape index (κ1) is 19.5. The minimum atomic E-state index is -1.23. The van der Waals surface area contributed by atoms with E-state index in [1.807, 2.05) is 11.8 Å². The molecule has 0 spiro atoms. The van der Waals surface area contributed by atoms with Crippen LogP contribution in [0.3, 0.4) is 0 Å². The van der Waals surface area contributed by atoms with Gasteiger partial charge in [0, 0.05) is 18.1 Å². The predicted octanol–water partition coefficient (Wildman–Crippen LogP) is 1.63. The standard InChI is InChI=1S/C17H32O5S/c1-9(2)11-6-5-10(3)7-13(11)23-8-12-14(18)15(19)16(20)17(21-4)22-12/h9-20H,5-8H2,1-4H3/t10-,11+,12-,13+,14+,15+,16-,17-/m1/s1. The van der Waals surface area contributed by atoms with Crippen LogP contribution in [0.2, 0.25) is 0 Å². The summed E-state index contributed by atoms with van der Waals surface area (Å²) in [6, 6.07) is 0. The molecule has 1 saturated carbocycles. The van der Waals surface area contributed by atoms with E-state index in [-0.39, 0.29) is 0 Å². The van der Waals surface area contributed by atoms with E-state index in [0.29, 0.717) is 22.8 Å². The SMILES string of the molecule is CO[C@@H]1O[C@H](CS[C@H]2C[C@H](C)CC[C@H]2C(C)C)[C@H](O)[C@H](O)[C@H]1O. The van der Waals surface area contributed by atoms with Crippen LogP contribution in [-0.4, -0.2) is 64.1 Å². The van der Waals surface area contributed by atoms with Gasteiger partial charge in [0.1, 0.15) is 18.3 Å². The van der Waals surface area contributed by atoms with Gasteiger partial charge in [-0.05, 0) is 30.6 Å². The minimum Gasteiger partial charge on any atom is -0.388 e. The Balaban J connectivity index is 1.95. The third-order valence-electron chi connectivity index (χ3n) is 5.34. The highest BCUT2D eigenvalue weighted by Gasteiger charge is 2.44. The molecule has 0 aromatic carbocycles. The fourth-order valence-corrected chi connectivity index (χ4v) is 5.65. The molecule has 0 unspecified atom stereocenters. The lowest BCUT2D eigenvalue weighted by atomic mass is 9.77. The molecule has 0 aromatic heterocycles. The van der Waals surface area contributed by atoms with Gasteiger partial charge in [0.2, 0.25) is 0 Å². The molecule has 6 heteroatoms. The maximum absolute atomic E-state index is 10.2. The Morgan fingerprint density at radius 2 is 1.83 bits per heavy atom. The molecule has 5 nitrogen and oxygen atoms in total. The minimum absolute atomic E-state index is 0.520. The van der Waals surface area contributed by atoms with Crippen molar-refractivity contribution in [1.82, 2.24) is 0 Å². The molecule has 0 radical (unpaired) electrons. The van der Waals surface area contributed by atoms with Crippen molar-refractivity contribution in [3.63, 3.8) is 0 Å². The second kappa shape index (κ2) is 8.50. The summed E-state index contributed by atoms with van der Waals surface area (Å²) in [4.78, 5) is 0. The molecule has 0 amide bonds. The Hall–Kier alpha value is 0.150. The second-order valence-corrected chi connectivity index (χ2v) is 8.72. The largest absolute Gasteiger partial charge is 0.388 e. The summed E-state index contributed by atoms with van der Waals surface area (Å²) in [7, 11) is 1.43. The maximum atomic E-state index is 10.2. The van der Waals surface area contributed by atoms with E-state index >= 15 is 0 Å². The molecule has 2 aliphatic rings. The third kappa shape index (κ3) is 4.61. The molecular weight excluding hydrogens is 316 g/mol. The van der Waals surface area contributed by atoms with Crippen molar-refractivity contribution in [2.75, 3.05) is 12.9 Å². The lowest BCUT2D eigenvalue weighted by Crippen LogP contribution is -2.58. The molecule has 23 heavy (non-hydrogen) atoms. The predicted molar refractivity (Wildman–Crippen MR) is 91.3 cm³/mol. The fourth-order valence-electron chi connectivity index (χ4n) is 3.77. The van der Waals surface area contributed by atoms with Gasteiger partial charge in [0.05, 0.1) is 6.10 Å². The number of methoxy groups -OCH3 is 1. The number of rotatable bonds is 5. The van der Waals surface area contributed by atoms with Gasteiger partial charge < -0.3 is 24.8 Å². The van der Waals surface area contributed by atoms with Crippen molar-refractivity contribution >= 4 is 11.8 Å². The van der Waals surface area contributed by atoms with E-state index in [1.54, 1.807) is 0 Å². The maximum Gasteiger partial charge on any atom is 0.186 e. The first-order chi connectivity index (χ1) is 10.8. The highest BCUT2D eigenvalue weighted by Crippen LogP contribution is 2.41. The second-order valence-electron chi connectivity index (χ2n) is 7.45. The van der Waals surface area contributed by atoms with Crippen LogP contribution in [0.4, 0.5) is 0 Å². The van der Waals surface area contributed by atoms with E-state index < -0.39 is 30.7 Å². The quantitative estimate of drug-likeness (QED) is 0.701. The van der Waals surface area contributed by atoms with Gasteiger partial charge in [0.25, 0.3) is 0 Å². The van der Waals surface area contributed by atoms with E-state index in [4.69, 9.17) is 9.47 Å². The number of hydrogen-bond acceptors (Lipinski definition) is 6. The topological polar surface area (TPSA) is 79.2 Å². The molecule has 1 heterocycles. The van der Waals surface area contributed by atoms with Crippen molar-refractivity contribution in [3.05, 3.63) is 0 Å². The summed E-state index contributed by atoms with van der Waals surface area (Å²) in [5, 5.41) is 30.5. The van der Waals surface area contributed by atoms with Gasteiger partial charge in [-0.2, -0.15) is 11.8 Å². The Morgan fingerprint density at radius 3 is 2.43 bits per heavy atom. The van der Waals surface area contributed by atoms with Crippen LogP contribution < -0.4 is 0 Å². The summed E-state index contributed by atoms with van der Waals surface area (Å²) in [5.41, 5.74) is 0. The monoisotopic (exact) mass is 348 g/mol. The molecular formula is C17H32O5S. The summed E-state index contributed by atoms with van der Waals surface area (Å²) < 4.78 is 10.7. The zero-order chi connectivity index (χ0) is 17.1. The molecule has 0 bridgehead atoms. The first-order valence-corrected chi connectivity index (χ1v) is 9.74. The average molecular weight is 349 g/mol. The number of ether oxygens (including phenoxy) is 2. The fraction of sp³-hybridized carbons (Fsp3) is 1.00. The third-order valence-corrected chi connectivity index (χ3v) is 6.83. The zero-order valence-corrected chi connectivity index (χ0v) is 15.4. The van der Waals surface area contributed by atoms with Gasteiger partial charge in [-0.15, -0.1) is 0 Å². The lowest BCUT2D eigenvalue weighted by Gasteiger charge is -2.41. The van der Waals surface area contributed by atoms with Gasteiger partial charge in [-0.3, -0.25) is 0 Å². The molecule has 2 fully saturated rings. The van der Waals surface area contributed by atoms with E-state index in [2.05, 4.69) is 20.8 Å². The molecule has 136 valence electrons. The van der Waals surface area contributed by atoms with Crippen LogP contribution in [0, 0.1) is 17.8 Å². The van der Waals surface area contributed by atoms with Crippen LogP contribution in [0.15, 0.2) is 0 Å². The molecule has 2 rings (SSSR count). The molecule has 0 aromatic rings. The van der Waals surface area contributed by atoms with Crippen molar-refractivity contribution < 1.29 is 24.8 Å². The highest BCUT2D eigenvalue weighted by atomic mass is 32.2. The van der Waals surface area contributed by atoms with Crippen molar-refractivity contribution in [1.29, 1.82) is 0 Å². The zero-order valence-electron chi connectivity index (χ0n) is 14.6. The Labute approximate surface area is 143 Å². The summed E-state index contributed by atoms with van der Waals surface area (Å²) in [6.45, 7) is 6.86. The molecule has 1 saturated heterocycles. The van der Waals surface area contributed by atoms with Crippen LogP contribution in [0.25, 0.3) is 0 Å². The van der Waals surface area contributed by atoms with Gasteiger partial charge in [-0.25, -0.2) is 0 Å². The van der Waals surface area contributed by atoms with Gasteiger partial charge in [-0.1, -0.05) is 27.2 Å². The molecule has 8 atom stereocenters. The van der Waals surface area contributed by atoms with Crippen molar-refractivity contribution in [2.45, 2.75) is 76.0 Å².